The Kier molecular flexibility index (Phi) is 4.98. The van der Waals surface area contributed by atoms with Crippen molar-refractivity contribution in [3.8, 4) is 0 Å². The number of nitrogens with one attached hydrogen (secondary N) is 1. The lowest BCUT2D eigenvalue weighted by molar-refractivity contribution is -0.181. The lowest BCUT2D eigenvalue weighted by Gasteiger charge is -2.37. The largest absolute Gasteiger partial charge is 0.354 e. The van der Waals surface area contributed by atoms with Gasteiger partial charge in [-0.05, 0) is 19.8 Å². The zero-order valence-electron chi connectivity index (χ0n) is 11.6. The van der Waals surface area contributed by atoms with E-state index < -0.39 is 0 Å². The summed E-state index contributed by atoms with van der Waals surface area (Å²) in [7, 11) is 3.34. The van der Waals surface area contributed by atoms with Crippen LogP contribution in [0.1, 0.15) is 32.6 Å². The first-order valence-electron chi connectivity index (χ1n) is 6.79. The fourth-order valence-electron chi connectivity index (χ4n) is 2.96. The molecule has 0 aromatic rings. The van der Waals surface area contributed by atoms with Crippen molar-refractivity contribution in [2.45, 2.75) is 56.8 Å². The predicted molar refractivity (Wildman–Crippen MR) is 67.3 cm³/mol. The Morgan fingerprint density at radius 2 is 1.67 bits per heavy atom. The molecule has 1 unspecified atom stereocenters. The van der Waals surface area contributed by atoms with E-state index in [9.17, 15) is 0 Å². The zero-order chi connectivity index (χ0) is 13.0. The fraction of sp³-hybridized carbons (Fsp3) is 1.00. The second kappa shape index (κ2) is 6.30. The van der Waals surface area contributed by atoms with Crippen LogP contribution in [0.5, 0.6) is 0 Å². The van der Waals surface area contributed by atoms with Gasteiger partial charge in [0.05, 0.1) is 19.3 Å². The monoisotopic (exact) mass is 259 g/mol. The maximum Gasteiger partial charge on any atom is 0.171 e. The molecule has 0 aromatic heterocycles. The SMILES string of the molecule is COC(OC)C(C)NC1CCC2(CC1)OCCO2. The first-order valence-corrected chi connectivity index (χ1v) is 6.79. The number of hydrogen-bond donors (Lipinski definition) is 1. The lowest BCUT2D eigenvalue weighted by Crippen LogP contribution is -2.49. The number of hydrogen-bond acceptors (Lipinski definition) is 5. The summed E-state index contributed by atoms with van der Waals surface area (Å²) in [5.41, 5.74) is 0. The normalized spacial score (nSPS) is 26.0. The van der Waals surface area contributed by atoms with Gasteiger partial charge in [-0.3, -0.25) is 0 Å². The van der Waals surface area contributed by atoms with Gasteiger partial charge in [0.15, 0.2) is 12.1 Å². The van der Waals surface area contributed by atoms with Gasteiger partial charge < -0.3 is 24.3 Å². The van der Waals surface area contributed by atoms with Gasteiger partial charge in [0.25, 0.3) is 0 Å². The van der Waals surface area contributed by atoms with E-state index in [1.807, 2.05) is 0 Å². The summed E-state index contributed by atoms with van der Waals surface area (Å²) >= 11 is 0. The van der Waals surface area contributed by atoms with Crippen molar-refractivity contribution in [1.82, 2.24) is 5.32 Å². The summed E-state index contributed by atoms with van der Waals surface area (Å²) in [6.07, 6.45) is 3.90. The van der Waals surface area contributed by atoms with Crippen molar-refractivity contribution in [2.24, 2.45) is 0 Å². The van der Waals surface area contributed by atoms with E-state index in [-0.39, 0.29) is 18.1 Å². The van der Waals surface area contributed by atoms with Gasteiger partial charge in [-0.2, -0.15) is 0 Å². The van der Waals surface area contributed by atoms with E-state index in [2.05, 4.69) is 12.2 Å². The Morgan fingerprint density at radius 1 is 1.11 bits per heavy atom. The van der Waals surface area contributed by atoms with E-state index in [1.54, 1.807) is 14.2 Å². The molecule has 0 amide bonds. The molecule has 2 rings (SSSR count). The van der Waals surface area contributed by atoms with E-state index in [4.69, 9.17) is 18.9 Å². The smallest absolute Gasteiger partial charge is 0.171 e. The van der Waals surface area contributed by atoms with Crippen molar-refractivity contribution in [2.75, 3.05) is 27.4 Å². The summed E-state index contributed by atoms with van der Waals surface area (Å²) in [6, 6.07) is 0.677. The molecule has 5 heteroatoms. The van der Waals surface area contributed by atoms with Crippen molar-refractivity contribution in [3.05, 3.63) is 0 Å². The number of methoxy groups -OCH3 is 2. The molecule has 1 spiro atoms. The molecule has 18 heavy (non-hydrogen) atoms. The highest BCUT2D eigenvalue weighted by atomic mass is 16.7. The fourth-order valence-corrected chi connectivity index (χ4v) is 2.96. The van der Waals surface area contributed by atoms with Crippen molar-refractivity contribution >= 4 is 0 Å². The lowest BCUT2D eigenvalue weighted by atomic mass is 9.89. The van der Waals surface area contributed by atoms with Crippen LogP contribution in [-0.2, 0) is 18.9 Å². The molecule has 1 N–H and O–H groups in total. The molecule has 1 saturated carbocycles. The van der Waals surface area contributed by atoms with Crippen LogP contribution in [-0.4, -0.2) is 51.6 Å². The maximum absolute atomic E-state index is 5.73. The highest BCUT2D eigenvalue weighted by Gasteiger charge is 2.40. The minimum atomic E-state index is -0.274. The van der Waals surface area contributed by atoms with Gasteiger partial charge in [-0.1, -0.05) is 0 Å². The molecule has 1 heterocycles. The summed E-state index contributed by atoms with van der Waals surface area (Å²) in [5, 5.41) is 3.57. The first kappa shape index (κ1) is 14.2. The minimum Gasteiger partial charge on any atom is -0.354 e. The van der Waals surface area contributed by atoms with Crippen LogP contribution >= 0.6 is 0 Å². The van der Waals surface area contributed by atoms with E-state index >= 15 is 0 Å². The number of rotatable bonds is 5. The molecular weight excluding hydrogens is 234 g/mol. The Labute approximate surface area is 109 Å². The molecular formula is C13H25NO4. The molecule has 0 bridgehead atoms. The van der Waals surface area contributed by atoms with Crippen molar-refractivity contribution in [1.29, 1.82) is 0 Å². The summed E-state index contributed by atoms with van der Waals surface area (Å²) < 4.78 is 22.0. The van der Waals surface area contributed by atoms with Gasteiger partial charge in [-0.25, -0.2) is 0 Å². The molecule has 5 nitrogen and oxygen atoms in total. The van der Waals surface area contributed by atoms with Crippen molar-refractivity contribution < 1.29 is 18.9 Å². The second-order valence-corrected chi connectivity index (χ2v) is 5.18. The third-order valence-corrected chi connectivity index (χ3v) is 3.93. The first-order chi connectivity index (χ1) is 8.69. The van der Waals surface area contributed by atoms with Crippen LogP contribution in [0.15, 0.2) is 0 Å². The molecule has 1 aliphatic heterocycles. The molecule has 1 saturated heterocycles. The molecule has 2 aliphatic rings. The van der Waals surface area contributed by atoms with Gasteiger partial charge in [0, 0.05) is 33.1 Å². The topological polar surface area (TPSA) is 49.0 Å². The molecule has 1 aliphatic carbocycles. The van der Waals surface area contributed by atoms with E-state index in [0.717, 1.165) is 38.9 Å². The highest BCUT2D eigenvalue weighted by molar-refractivity contribution is 4.86. The quantitative estimate of drug-likeness (QED) is 0.753. The second-order valence-electron chi connectivity index (χ2n) is 5.18. The Bertz CT molecular complexity index is 241. The summed E-state index contributed by atoms with van der Waals surface area (Å²) in [4.78, 5) is 0. The Balaban J connectivity index is 1.76. The molecule has 0 aromatic carbocycles. The standard InChI is InChI=1S/C13H25NO4/c1-10(12(15-2)16-3)14-11-4-6-13(7-5-11)17-8-9-18-13/h10-12,14H,4-9H2,1-3H3. The summed E-state index contributed by atoms with van der Waals surface area (Å²) in [6.45, 7) is 3.57. The average Bonchev–Trinajstić information content (AvgIpc) is 2.83. The Morgan fingerprint density at radius 3 is 2.17 bits per heavy atom. The minimum absolute atomic E-state index is 0.185. The third-order valence-electron chi connectivity index (χ3n) is 3.93. The van der Waals surface area contributed by atoms with Crippen LogP contribution in [0.2, 0.25) is 0 Å². The van der Waals surface area contributed by atoms with Gasteiger partial charge in [0.1, 0.15) is 0 Å². The van der Waals surface area contributed by atoms with Crippen LogP contribution in [0.25, 0.3) is 0 Å². The molecule has 106 valence electrons. The molecule has 0 radical (unpaired) electrons. The van der Waals surface area contributed by atoms with Crippen LogP contribution in [0.3, 0.4) is 0 Å². The molecule has 2 fully saturated rings. The Hall–Kier alpha value is -0.200. The van der Waals surface area contributed by atoms with Crippen LogP contribution in [0, 0.1) is 0 Å². The van der Waals surface area contributed by atoms with Gasteiger partial charge in [0.2, 0.25) is 0 Å². The maximum atomic E-state index is 5.73. The highest BCUT2D eigenvalue weighted by Crippen LogP contribution is 2.35. The van der Waals surface area contributed by atoms with Gasteiger partial charge in [-0.15, -0.1) is 0 Å². The van der Waals surface area contributed by atoms with Crippen LogP contribution < -0.4 is 5.32 Å². The van der Waals surface area contributed by atoms with Gasteiger partial charge >= 0.3 is 0 Å². The van der Waals surface area contributed by atoms with Crippen molar-refractivity contribution in [3.63, 3.8) is 0 Å². The van der Waals surface area contributed by atoms with Crippen LogP contribution in [0.4, 0.5) is 0 Å². The third kappa shape index (κ3) is 3.22. The molecule has 1 atom stereocenters. The zero-order valence-corrected chi connectivity index (χ0v) is 11.6. The van der Waals surface area contributed by atoms with E-state index in [0.29, 0.717) is 6.04 Å². The number of ether oxygens (including phenoxy) is 4. The predicted octanol–water partition coefficient (Wildman–Crippen LogP) is 1.27. The summed E-state index contributed by atoms with van der Waals surface area (Å²) in [5.74, 6) is -0.274. The average molecular weight is 259 g/mol. The van der Waals surface area contributed by atoms with E-state index in [1.165, 1.54) is 0 Å².